The monoisotopic (exact) mass is 295 g/mol. The summed E-state index contributed by atoms with van der Waals surface area (Å²) in [5, 5.41) is 18.4. The molecular formula is C11H6BrNO4. The van der Waals surface area contributed by atoms with Gasteiger partial charge in [-0.15, -0.1) is 0 Å². The Morgan fingerprint density at radius 2 is 1.82 bits per heavy atom. The summed E-state index contributed by atoms with van der Waals surface area (Å²) >= 11 is 3.24. The first-order valence-electron chi connectivity index (χ1n) is 4.56. The van der Waals surface area contributed by atoms with Gasteiger partial charge in [-0.25, -0.2) is 14.6 Å². The predicted molar refractivity (Wildman–Crippen MR) is 63.4 cm³/mol. The lowest BCUT2D eigenvalue weighted by Crippen LogP contribution is -2.10. The van der Waals surface area contributed by atoms with Crippen molar-refractivity contribution in [1.29, 1.82) is 0 Å². The summed E-state index contributed by atoms with van der Waals surface area (Å²) in [5.74, 6) is -2.66. The highest BCUT2D eigenvalue weighted by Crippen LogP contribution is 2.21. The minimum Gasteiger partial charge on any atom is -0.478 e. The van der Waals surface area contributed by atoms with Crippen LogP contribution in [0.2, 0.25) is 0 Å². The van der Waals surface area contributed by atoms with Gasteiger partial charge in [-0.3, -0.25) is 0 Å². The highest BCUT2D eigenvalue weighted by Gasteiger charge is 2.18. The van der Waals surface area contributed by atoms with Crippen molar-refractivity contribution in [2.75, 3.05) is 0 Å². The van der Waals surface area contributed by atoms with E-state index < -0.39 is 17.6 Å². The number of nitrogens with zero attached hydrogens (tertiary/aromatic N) is 1. The second-order valence-corrected chi connectivity index (χ2v) is 4.25. The first-order chi connectivity index (χ1) is 7.99. The van der Waals surface area contributed by atoms with Gasteiger partial charge in [-0.1, -0.05) is 22.0 Å². The summed E-state index contributed by atoms with van der Waals surface area (Å²) in [7, 11) is 0. The zero-order valence-corrected chi connectivity index (χ0v) is 9.93. The number of rotatable bonds is 2. The molecule has 17 heavy (non-hydrogen) atoms. The number of pyridine rings is 1. The number of fused-ring (bicyclic) bond motifs is 1. The highest BCUT2D eigenvalue weighted by atomic mass is 79.9. The fourth-order valence-corrected chi connectivity index (χ4v) is 1.82. The van der Waals surface area contributed by atoms with Gasteiger partial charge in [0.25, 0.3) is 0 Å². The Kier molecular flexibility index (Phi) is 2.81. The molecule has 0 unspecified atom stereocenters. The Labute approximate surface area is 104 Å². The van der Waals surface area contributed by atoms with Crippen molar-refractivity contribution in [2.24, 2.45) is 0 Å². The molecule has 0 fully saturated rings. The molecule has 86 valence electrons. The van der Waals surface area contributed by atoms with Gasteiger partial charge in [-0.2, -0.15) is 0 Å². The molecule has 0 saturated heterocycles. The number of carbonyl (C=O) groups is 2. The van der Waals surface area contributed by atoms with Gasteiger partial charge in [0.1, 0.15) is 0 Å². The molecule has 2 aromatic rings. The van der Waals surface area contributed by atoms with E-state index in [-0.39, 0.29) is 5.56 Å². The van der Waals surface area contributed by atoms with Crippen molar-refractivity contribution in [3.05, 3.63) is 40.0 Å². The molecule has 0 bridgehead atoms. The topological polar surface area (TPSA) is 87.5 Å². The van der Waals surface area contributed by atoms with E-state index in [0.717, 1.165) is 4.47 Å². The van der Waals surface area contributed by atoms with E-state index in [9.17, 15) is 9.59 Å². The van der Waals surface area contributed by atoms with Crippen LogP contribution in [0.25, 0.3) is 10.9 Å². The number of hydrogen-bond donors (Lipinski definition) is 2. The molecule has 0 amide bonds. The molecule has 0 radical (unpaired) electrons. The lowest BCUT2D eigenvalue weighted by atomic mass is 10.1. The minimum atomic E-state index is -1.36. The quantitative estimate of drug-likeness (QED) is 0.888. The second kappa shape index (κ2) is 4.14. The molecule has 0 atom stereocenters. The lowest BCUT2D eigenvalue weighted by molar-refractivity contribution is 0.0647. The van der Waals surface area contributed by atoms with Crippen LogP contribution in [0.15, 0.2) is 28.7 Å². The van der Waals surface area contributed by atoms with Gasteiger partial charge in [0.2, 0.25) is 0 Å². The van der Waals surface area contributed by atoms with Crippen molar-refractivity contribution in [3.63, 3.8) is 0 Å². The van der Waals surface area contributed by atoms with Crippen molar-refractivity contribution in [3.8, 4) is 0 Å². The van der Waals surface area contributed by atoms with E-state index in [1.54, 1.807) is 18.2 Å². The Bertz CT molecular complexity index is 639. The summed E-state index contributed by atoms with van der Waals surface area (Å²) < 4.78 is 0.747. The third-order valence-corrected chi connectivity index (χ3v) is 2.71. The maximum Gasteiger partial charge on any atom is 0.355 e. The molecular weight excluding hydrogens is 290 g/mol. The summed E-state index contributed by atoms with van der Waals surface area (Å²) in [4.78, 5) is 25.7. The Morgan fingerprint density at radius 1 is 1.12 bits per heavy atom. The van der Waals surface area contributed by atoms with Crippen molar-refractivity contribution >= 4 is 38.8 Å². The number of benzene rings is 1. The standard InChI is InChI=1S/C11H6BrNO4/c12-6-2-1-5-3-7(10(14)15)9(11(16)17)13-8(5)4-6/h1-4H,(H,14,15)(H,16,17). The molecule has 1 heterocycles. The molecule has 5 nitrogen and oxygen atoms in total. The van der Waals surface area contributed by atoms with Crippen LogP contribution in [-0.4, -0.2) is 27.1 Å². The average Bonchev–Trinajstić information content (AvgIpc) is 2.26. The lowest BCUT2D eigenvalue weighted by Gasteiger charge is -2.04. The predicted octanol–water partition coefficient (Wildman–Crippen LogP) is 2.39. The van der Waals surface area contributed by atoms with Gasteiger partial charge in [0.05, 0.1) is 11.1 Å². The molecule has 2 rings (SSSR count). The number of carboxylic acid groups (broad SMARTS) is 2. The van der Waals surface area contributed by atoms with E-state index in [1.165, 1.54) is 6.07 Å². The Balaban J connectivity index is 2.81. The smallest absolute Gasteiger partial charge is 0.355 e. The molecule has 2 N–H and O–H groups in total. The second-order valence-electron chi connectivity index (χ2n) is 3.33. The number of aromatic nitrogens is 1. The molecule has 1 aromatic heterocycles. The molecule has 0 aliphatic heterocycles. The number of aromatic carboxylic acids is 2. The largest absolute Gasteiger partial charge is 0.478 e. The maximum atomic E-state index is 10.9. The summed E-state index contributed by atoms with van der Waals surface area (Å²) in [6, 6.07) is 6.34. The number of hydrogen-bond acceptors (Lipinski definition) is 3. The third-order valence-electron chi connectivity index (χ3n) is 2.21. The fraction of sp³-hybridized carbons (Fsp3) is 0. The maximum absolute atomic E-state index is 10.9. The first kappa shape index (κ1) is 11.5. The Hall–Kier alpha value is -1.95. The van der Waals surface area contributed by atoms with E-state index in [2.05, 4.69) is 20.9 Å². The van der Waals surface area contributed by atoms with Crippen LogP contribution in [0.3, 0.4) is 0 Å². The number of carboxylic acids is 2. The summed E-state index contributed by atoms with van der Waals surface area (Å²) in [6.45, 7) is 0. The van der Waals surface area contributed by atoms with Gasteiger partial charge in [0.15, 0.2) is 5.69 Å². The average molecular weight is 296 g/mol. The fourth-order valence-electron chi connectivity index (χ4n) is 1.47. The van der Waals surface area contributed by atoms with Crippen LogP contribution in [0.4, 0.5) is 0 Å². The van der Waals surface area contributed by atoms with Gasteiger partial charge < -0.3 is 10.2 Å². The molecule has 1 aromatic carbocycles. The Morgan fingerprint density at radius 3 is 2.41 bits per heavy atom. The van der Waals surface area contributed by atoms with Crippen molar-refractivity contribution in [2.45, 2.75) is 0 Å². The van der Waals surface area contributed by atoms with Gasteiger partial charge in [-0.05, 0) is 18.2 Å². The minimum absolute atomic E-state index is 0.313. The van der Waals surface area contributed by atoms with Crippen LogP contribution in [0, 0.1) is 0 Å². The van der Waals surface area contributed by atoms with E-state index in [0.29, 0.717) is 10.9 Å². The normalized spacial score (nSPS) is 10.4. The van der Waals surface area contributed by atoms with Gasteiger partial charge >= 0.3 is 11.9 Å². The van der Waals surface area contributed by atoms with E-state index in [1.807, 2.05) is 0 Å². The first-order valence-corrected chi connectivity index (χ1v) is 5.35. The van der Waals surface area contributed by atoms with Crippen molar-refractivity contribution < 1.29 is 19.8 Å². The zero-order chi connectivity index (χ0) is 12.6. The van der Waals surface area contributed by atoms with Crippen LogP contribution in [-0.2, 0) is 0 Å². The van der Waals surface area contributed by atoms with E-state index >= 15 is 0 Å². The molecule has 0 saturated carbocycles. The number of halogens is 1. The summed E-state index contributed by atoms with van der Waals surface area (Å²) in [6.07, 6.45) is 0. The van der Waals surface area contributed by atoms with Gasteiger partial charge in [0, 0.05) is 9.86 Å². The zero-order valence-electron chi connectivity index (χ0n) is 8.35. The molecule has 0 aliphatic carbocycles. The highest BCUT2D eigenvalue weighted by molar-refractivity contribution is 9.10. The van der Waals surface area contributed by atoms with Crippen LogP contribution in [0.5, 0.6) is 0 Å². The van der Waals surface area contributed by atoms with E-state index in [4.69, 9.17) is 10.2 Å². The SMILES string of the molecule is O=C(O)c1cc2ccc(Br)cc2nc1C(=O)O. The molecule has 0 aliphatic rings. The van der Waals surface area contributed by atoms with Crippen molar-refractivity contribution in [1.82, 2.24) is 4.98 Å². The van der Waals surface area contributed by atoms with Crippen LogP contribution < -0.4 is 0 Å². The summed E-state index contributed by atoms with van der Waals surface area (Å²) in [5.41, 5.74) is -0.336. The van der Waals surface area contributed by atoms with Crippen LogP contribution >= 0.6 is 15.9 Å². The van der Waals surface area contributed by atoms with Crippen LogP contribution in [0.1, 0.15) is 20.8 Å². The third kappa shape index (κ3) is 2.12. The molecule has 0 spiro atoms. The molecule has 6 heteroatoms.